The second-order valence-corrected chi connectivity index (χ2v) is 2.45. The van der Waals surface area contributed by atoms with Gasteiger partial charge in [0.1, 0.15) is 11.5 Å². The van der Waals surface area contributed by atoms with Gasteiger partial charge in [-0.1, -0.05) is 12.2 Å². The van der Waals surface area contributed by atoms with Crippen molar-refractivity contribution in [1.82, 2.24) is 0 Å². The van der Waals surface area contributed by atoms with Gasteiger partial charge in [-0.3, -0.25) is 0 Å². The molecule has 1 aromatic rings. The van der Waals surface area contributed by atoms with Gasteiger partial charge in [0, 0.05) is 5.56 Å². The molecule has 1 heterocycles. The minimum atomic E-state index is 0.0731. The Labute approximate surface area is 66.2 Å². The minimum absolute atomic E-state index is 0.0731. The second kappa shape index (κ2) is 3.39. The first-order valence-corrected chi connectivity index (χ1v) is 3.58. The molecule has 0 fully saturated rings. The lowest BCUT2D eigenvalue weighted by atomic mass is 10.2. The van der Waals surface area contributed by atoms with Crippen molar-refractivity contribution in [3.63, 3.8) is 0 Å². The highest BCUT2D eigenvalue weighted by atomic mass is 16.3. The third-order valence-corrected chi connectivity index (χ3v) is 1.48. The van der Waals surface area contributed by atoms with Crippen LogP contribution < -0.4 is 0 Å². The Morgan fingerprint density at radius 3 is 2.73 bits per heavy atom. The fourth-order valence-corrected chi connectivity index (χ4v) is 0.996. The summed E-state index contributed by atoms with van der Waals surface area (Å²) in [7, 11) is 0. The van der Waals surface area contributed by atoms with Gasteiger partial charge < -0.3 is 9.52 Å². The van der Waals surface area contributed by atoms with Crippen molar-refractivity contribution in [2.45, 2.75) is 13.8 Å². The molecular formula is C9H12O2. The summed E-state index contributed by atoms with van der Waals surface area (Å²) < 4.78 is 5.28. The highest BCUT2D eigenvalue weighted by Gasteiger charge is 1.98. The Kier molecular flexibility index (Phi) is 2.49. The summed E-state index contributed by atoms with van der Waals surface area (Å²) >= 11 is 0. The van der Waals surface area contributed by atoms with Crippen LogP contribution in [0.2, 0.25) is 0 Å². The molecule has 60 valence electrons. The quantitative estimate of drug-likeness (QED) is 0.702. The largest absolute Gasteiger partial charge is 0.466 e. The van der Waals surface area contributed by atoms with Crippen LogP contribution in [0.3, 0.4) is 0 Å². The monoisotopic (exact) mass is 152 g/mol. The molecule has 0 aliphatic heterocycles. The average molecular weight is 152 g/mol. The van der Waals surface area contributed by atoms with E-state index in [1.807, 2.05) is 26.0 Å². The van der Waals surface area contributed by atoms with Crippen molar-refractivity contribution in [3.05, 3.63) is 29.2 Å². The van der Waals surface area contributed by atoms with Gasteiger partial charge in [0.15, 0.2) is 0 Å². The molecule has 2 nitrogen and oxygen atoms in total. The zero-order valence-electron chi connectivity index (χ0n) is 6.79. The standard InChI is InChI=1S/C9H12O2/c1-7-6-9(4-3-5-10)8(2)11-7/h3-4,6,10H,5H2,1-2H3/b4-3+. The topological polar surface area (TPSA) is 33.4 Å². The van der Waals surface area contributed by atoms with E-state index < -0.39 is 0 Å². The maximum atomic E-state index is 8.51. The summed E-state index contributed by atoms with van der Waals surface area (Å²) in [5.74, 6) is 1.80. The van der Waals surface area contributed by atoms with Gasteiger partial charge in [0.05, 0.1) is 6.61 Å². The lowest BCUT2D eigenvalue weighted by Crippen LogP contribution is -1.72. The molecule has 0 aliphatic carbocycles. The molecule has 0 bridgehead atoms. The zero-order valence-corrected chi connectivity index (χ0v) is 6.79. The summed E-state index contributed by atoms with van der Waals surface area (Å²) in [5.41, 5.74) is 1.04. The highest BCUT2D eigenvalue weighted by molar-refractivity contribution is 5.51. The average Bonchev–Trinajstić information content (AvgIpc) is 2.26. The van der Waals surface area contributed by atoms with Gasteiger partial charge in [-0.25, -0.2) is 0 Å². The van der Waals surface area contributed by atoms with Crippen molar-refractivity contribution >= 4 is 6.08 Å². The zero-order chi connectivity index (χ0) is 8.27. The minimum Gasteiger partial charge on any atom is -0.466 e. The molecule has 0 saturated carbocycles. The summed E-state index contributed by atoms with van der Waals surface area (Å²) in [6, 6.07) is 1.95. The molecule has 0 aromatic carbocycles. The van der Waals surface area contributed by atoms with Crippen LogP contribution in [0.1, 0.15) is 17.1 Å². The van der Waals surface area contributed by atoms with Gasteiger partial charge in [0.25, 0.3) is 0 Å². The number of hydrogen-bond donors (Lipinski definition) is 1. The second-order valence-electron chi connectivity index (χ2n) is 2.45. The van der Waals surface area contributed by atoms with E-state index in [0.717, 1.165) is 17.1 Å². The smallest absolute Gasteiger partial charge is 0.108 e. The number of rotatable bonds is 2. The van der Waals surface area contributed by atoms with Crippen molar-refractivity contribution in [3.8, 4) is 0 Å². The van der Waals surface area contributed by atoms with Crippen LogP contribution in [0.15, 0.2) is 16.6 Å². The maximum Gasteiger partial charge on any atom is 0.108 e. The van der Waals surface area contributed by atoms with Crippen LogP contribution in [-0.4, -0.2) is 11.7 Å². The first-order chi connectivity index (χ1) is 5.24. The van der Waals surface area contributed by atoms with E-state index in [-0.39, 0.29) is 6.61 Å². The van der Waals surface area contributed by atoms with E-state index >= 15 is 0 Å². The molecule has 0 spiro atoms. The first-order valence-electron chi connectivity index (χ1n) is 3.58. The number of aryl methyl sites for hydroxylation is 2. The highest BCUT2D eigenvalue weighted by Crippen LogP contribution is 2.14. The molecule has 11 heavy (non-hydrogen) atoms. The lowest BCUT2D eigenvalue weighted by Gasteiger charge is -1.85. The van der Waals surface area contributed by atoms with Crippen LogP contribution >= 0.6 is 0 Å². The SMILES string of the molecule is Cc1cc(/C=C/CO)c(C)o1. The molecular weight excluding hydrogens is 140 g/mol. The molecule has 1 rings (SSSR count). The Hall–Kier alpha value is -1.02. The van der Waals surface area contributed by atoms with E-state index in [0.29, 0.717) is 0 Å². The van der Waals surface area contributed by atoms with Crippen LogP contribution in [0.5, 0.6) is 0 Å². The van der Waals surface area contributed by atoms with Crippen molar-refractivity contribution in [2.75, 3.05) is 6.61 Å². The molecule has 0 radical (unpaired) electrons. The summed E-state index contributed by atoms with van der Waals surface area (Å²) in [5, 5.41) is 8.51. The van der Waals surface area contributed by atoms with Crippen LogP contribution in [-0.2, 0) is 0 Å². The third kappa shape index (κ3) is 1.95. The molecule has 0 aliphatic rings. The van der Waals surface area contributed by atoms with Crippen molar-refractivity contribution in [2.24, 2.45) is 0 Å². The summed E-state index contributed by atoms with van der Waals surface area (Å²) in [4.78, 5) is 0. The van der Waals surface area contributed by atoms with Gasteiger partial charge in [-0.2, -0.15) is 0 Å². The van der Waals surface area contributed by atoms with E-state index in [9.17, 15) is 0 Å². The van der Waals surface area contributed by atoms with Gasteiger partial charge >= 0.3 is 0 Å². The number of aliphatic hydroxyl groups is 1. The van der Waals surface area contributed by atoms with E-state index in [1.54, 1.807) is 6.08 Å². The third-order valence-electron chi connectivity index (χ3n) is 1.48. The molecule has 0 unspecified atom stereocenters. The molecule has 0 saturated heterocycles. The summed E-state index contributed by atoms with van der Waals surface area (Å²) in [6.07, 6.45) is 3.54. The van der Waals surface area contributed by atoms with E-state index in [4.69, 9.17) is 9.52 Å². The maximum absolute atomic E-state index is 8.51. The molecule has 1 aromatic heterocycles. The predicted molar refractivity (Wildman–Crippen MR) is 44.3 cm³/mol. The number of hydrogen-bond acceptors (Lipinski definition) is 2. The Morgan fingerprint density at radius 1 is 1.55 bits per heavy atom. The number of furan rings is 1. The van der Waals surface area contributed by atoms with Crippen molar-refractivity contribution < 1.29 is 9.52 Å². The predicted octanol–water partition coefficient (Wildman–Crippen LogP) is 1.90. The van der Waals surface area contributed by atoms with Gasteiger partial charge in [0.2, 0.25) is 0 Å². The lowest BCUT2D eigenvalue weighted by molar-refractivity contribution is 0.343. The Bertz CT molecular complexity index is 259. The number of aliphatic hydroxyl groups excluding tert-OH is 1. The van der Waals surface area contributed by atoms with E-state index in [1.165, 1.54) is 0 Å². The fourth-order valence-electron chi connectivity index (χ4n) is 0.996. The molecule has 0 amide bonds. The van der Waals surface area contributed by atoms with Gasteiger partial charge in [-0.15, -0.1) is 0 Å². The van der Waals surface area contributed by atoms with Gasteiger partial charge in [-0.05, 0) is 19.9 Å². The van der Waals surface area contributed by atoms with Crippen LogP contribution in [0, 0.1) is 13.8 Å². The Balaban J connectivity index is 2.85. The fraction of sp³-hybridized carbons (Fsp3) is 0.333. The Morgan fingerprint density at radius 2 is 2.27 bits per heavy atom. The molecule has 2 heteroatoms. The van der Waals surface area contributed by atoms with E-state index in [2.05, 4.69) is 0 Å². The summed E-state index contributed by atoms with van der Waals surface area (Å²) in [6.45, 7) is 3.89. The molecule has 0 atom stereocenters. The first kappa shape index (κ1) is 8.08. The van der Waals surface area contributed by atoms with Crippen LogP contribution in [0.25, 0.3) is 6.08 Å². The van der Waals surface area contributed by atoms with Crippen molar-refractivity contribution in [1.29, 1.82) is 0 Å². The normalized spacial score (nSPS) is 11.2. The van der Waals surface area contributed by atoms with Crippen LogP contribution in [0.4, 0.5) is 0 Å². The molecule has 1 N–H and O–H groups in total.